The van der Waals surface area contributed by atoms with Crippen molar-refractivity contribution in [2.75, 3.05) is 11.9 Å². The summed E-state index contributed by atoms with van der Waals surface area (Å²) in [6.45, 7) is 5.26. The van der Waals surface area contributed by atoms with Gasteiger partial charge in [-0.2, -0.15) is 0 Å². The molecule has 0 aromatic heterocycles. The number of benzene rings is 2. The second-order valence-corrected chi connectivity index (χ2v) is 7.10. The molecule has 0 amide bonds. The van der Waals surface area contributed by atoms with Gasteiger partial charge in [-0.3, -0.25) is 0 Å². The zero-order valence-corrected chi connectivity index (χ0v) is 16.0. The van der Waals surface area contributed by atoms with Crippen molar-refractivity contribution in [3.63, 3.8) is 0 Å². The molecule has 0 bridgehead atoms. The summed E-state index contributed by atoms with van der Waals surface area (Å²) in [4.78, 5) is 4.47. The Balaban J connectivity index is 2.13. The predicted molar refractivity (Wildman–Crippen MR) is 104 cm³/mol. The molecule has 0 spiro atoms. The van der Waals surface area contributed by atoms with E-state index in [9.17, 15) is 9.50 Å². The molecule has 25 heavy (non-hydrogen) atoms. The molecule has 4 nitrogen and oxygen atoms in total. The van der Waals surface area contributed by atoms with Crippen molar-refractivity contribution in [3.05, 3.63) is 58.3 Å². The molecule has 2 rings (SSSR count). The number of phenols is 1. The minimum atomic E-state index is -0.286. The molecule has 0 aliphatic rings. The average molecular weight is 408 g/mol. The molecule has 6 heteroatoms. The first kappa shape index (κ1) is 19.2. The van der Waals surface area contributed by atoms with Gasteiger partial charge in [0.25, 0.3) is 0 Å². The molecule has 0 fully saturated rings. The van der Waals surface area contributed by atoms with Crippen molar-refractivity contribution in [3.8, 4) is 5.75 Å². The predicted octanol–water partition coefficient (Wildman–Crippen LogP) is 4.90. The molecule has 134 valence electrons. The zero-order chi connectivity index (χ0) is 18.2. The molecule has 0 aliphatic heterocycles. The average Bonchev–Trinajstić information content (AvgIpc) is 2.55. The van der Waals surface area contributed by atoms with Gasteiger partial charge in [-0.25, -0.2) is 9.38 Å². The summed E-state index contributed by atoms with van der Waals surface area (Å²) < 4.78 is 14.7. The first-order chi connectivity index (χ1) is 11.9. The van der Waals surface area contributed by atoms with Crippen LogP contribution in [0.1, 0.15) is 25.8 Å². The van der Waals surface area contributed by atoms with Crippen molar-refractivity contribution < 1.29 is 9.50 Å². The molecule has 0 heterocycles. The third-order valence-electron chi connectivity index (χ3n) is 3.54. The van der Waals surface area contributed by atoms with Crippen molar-refractivity contribution in [2.45, 2.75) is 26.8 Å². The summed E-state index contributed by atoms with van der Waals surface area (Å²) in [5.41, 5.74) is 1.22. The highest BCUT2D eigenvalue weighted by atomic mass is 79.9. The summed E-state index contributed by atoms with van der Waals surface area (Å²) in [7, 11) is 0. The van der Waals surface area contributed by atoms with Crippen LogP contribution in [0.3, 0.4) is 0 Å². The largest absolute Gasteiger partial charge is 0.508 e. The van der Waals surface area contributed by atoms with E-state index in [2.05, 4.69) is 45.4 Å². The fourth-order valence-electron chi connectivity index (χ4n) is 2.17. The maximum atomic E-state index is 13.9. The summed E-state index contributed by atoms with van der Waals surface area (Å²) in [5.74, 6) is 0.998. The van der Waals surface area contributed by atoms with Crippen molar-refractivity contribution >= 4 is 27.6 Å². The van der Waals surface area contributed by atoms with Crippen molar-refractivity contribution in [2.24, 2.45) is 10.9 Å². The minimum absolute atomic E-state index is 0.171. The highest BCUT2D eigenvalue weighted by Gasteiger charge is 2.05. The summed E-state index contributed by atoms with van der Waals surface area (Å²) >= 11 is 3.35. The van der Waals surface area contributed by atoms with Gasteiger partial charge in [-0.05, 0) is 42.7 Å². The Labute approximate surface area is 156 Å². The highest BCUT2D eigenvalue weighted by Crippen LogP contribution is 2.17. The zero-order valence-electron chi connectivity index (χ0n) is 14.4. The molecule has 2 aromatic rings. The normalized spacial score (nSPS) is 11.6. The van der Waals surface area contributed by atoms with Crippen LogP contribution in [0.5, 0.6) is 5.75 Å². The third kappa shape index (κ3) is 6.74. The maximum Gasteiger partial charge on any atom is 0.196 e. The van der Waals surface area contributed by atoms with Crippen LogP contribution in [-0.2, 0) is 6.54 Å². The van der Waals surface area contributed by atoms with Crippen LogP contribution in [0.15, 0.2) is 51.9 Å². The number of hydrogen-bond donors (Lipinski definition) is 3. The molecule has 3 N–H and O–H groups in total. The Morgan fingerprint density at radius 2 is 2.04 bits per heavy atom. The first-order valence-corrected chi connectivity index (χ1v) is 9.01. The third-order valence-corrected chi connectivity index (χ3v) is 4.03. The van der Waals surface area contributed by atoms with Gasteiger partial charge in [-0.1, -0.05) is 35.8 Å². The lowest BCUT2D eigenvalue weighted by Crippen LogP contribution is -2.32. The first-order valence-electron chi connectivity index (χ1n) is 8.22. The lowest BCUT2D eigenvalue weighted by atomic mass is 10.1. The van der Waals surface area contributed by atoms with E-state index in [-0.39, 0.29) is 18.1 Å². The molecule has 0 unspecified atom stereocenters. The van der Waals surface area contributed by atoms with Crippen LogP contribution in [0.25, 0.3) is 0 Å². The lowest BCUT2D eigenvalue weighted by molar-refractivity contribution is 0.475. The van der Waals surface area contributed by atoms with E-state index in [1.807, 2.05) is 6.07 Å². The molecular formula is C19H23BrFN3O. The van der Waals surface area contributed by atoms with Gasteiger partial charge in [0.2, 0.25) is 0 Å². The van der Waals surface area contributed by atoms with Gasteiger partial charge >= 0.3 is 0 Å². The molecule has 0 aliphatic carbocycles. The fourth-order valence-corrected chi connectivity index (χ4v) is 2.58. The second-order valence-electron chi connectivity index (χ2n) is 6.19. The van der Waals surface area contributed by atoms with Crippen LogP contribution >= 0.6 is 15.9 Å². The number of anilines is 1. The van der Waals surface area contributed by atoms with E-state index < -0.39 is 0 Å². The maximum absolute atomic E-state index is 13.9. The van der Waals surface area contributed by atoms with Crippen LogP contribution in [-0.4, -0.2) is 17.6 Å². The van der Waals surface area contributed by atoms with E-state index >= 15 is 0 Å². The summed E-state index contributed by atoms with van der Waals surface area (Å²) in [6.07, 6.45) is 0.992. The number of aliphatic imine (C=N–C) groups is 1. The number of guanidine groups is 1. The highest BCUT2D eigenvalue weighted by molar-refractivity contribution is 9.10. The molecule has 0 saturated heterocycles. The Morgan fingerprint density at radius 3 is 2.76 bits per heavy atom. The molecule has 0 radical (unpaired) electrons. The van der Waals surface area contributed by atoms with Gasteiger partial charge in [0.1, 0.15) is 11.6 Å². The number of halogens is 2. The Morgan fingerprint density at radius 1 is 1.24 bits per heavy atom. The van der Waals surface area contributed by atoms with E-state index in [0.717, 1.165) is 17.4 Å². The minimum Gasteiger partial charge on any atom is -0.508 e. The summed E-state index contributed by atoms with van der Waals surface area (Å²) in [5, 5.41) is 16.0. The van der Waals surface area contributed by atoms with E-state index in [4.69, 9.17) is 0 Å². The molecular weight excluding hydrogens is 385 g/mol. The van der Waals surface area contributed by atoms with Crippen LogP contribution < -0.4 is 10.6 Å². The lowest BCUT2D eigenvalue weighted by Gasteiger charge is -2.14. The van der Waals surface area contributed by atoms with Crippen LogP contribution in [0, 0.1) is 11.7 Å². The topological polar surface area (TPSA) is 56.7 Å². The van der Waals surface area contributed by atoms with Gasteiger partial charge in [0, 0.05) is 28.3 Å². The van der Waals surface area contributed by atoms with E-state index in [0.29, 0.717) is 23.1 Å². The van der Waals surface area contributed by atoms with Gasteiger partial charge in [0.15, 0.2) is 5.96 Å². The van der Waals surface area contributed by atoms with Gasteiger partial charge in [-0.15, -0.1) is 0 Å². The molecule has 0 atom stereocenters. The Kier molecular flexibility index (Phi) is 7.25. The van der Waals surface area contributed by atoms with Crippen LogP contribution in [0.4, 0.5) is 10.1 Å². The quantitative estimate of drug-likeness (QED) is 0.471. The molecule has 2 aromatic carbocycles. The Hall–Kier alpha value is -2.08. The summed E-state index contributed by atoms with van der Waals surface area (Å²) in [6, 6.07) is 11.6. The number of aromatic hydroxyl groups is 1. The number of nitrogens with zero attached hydrogens (tertiary/aromatic N) is 1. The standard InChI is InChI=1S/C19H23BrFN3O/c1-13(2)8-9-22-19(24-16-4-3-5-17(25)11-16)23-12-14-10-15(20)6-7-18(14)21/h3-7,10-11,13,25H,8-9,12H2,1-2H3,(H2,22,23,24). The van der Waals surface area contributed by atoms with Gasteiger partial charge in [0.05, 0.1) is 6.54 Å². The van der Waals surface area contributed by atoms with E-state index in [1.54, 1.807) is 30.3 Å². The monoisotopic (exact) mass is 407 g/mol. The number of nitrogens with one attached hydrogen (secondary N) is 2. The number of phenolic OH excluding ortho intramolecular Hbond substituents is 1. The number of hydrogen-bond acceptors (Lipinski definition) is 2. The van der Waals surface area contributed by atoms with E-state index in [1.165, 1.54) is 6.07 Å². The van der Waals surface area contributed by atoms with Gasteiger partial charge < -0.3 is 15.7 Å². The fraction of sp³-hybridized carbons (Fsp3) is 0.316. The van der Waals surface area contributed by atoms with Crippen molar-refractivity contribution in [1.82, 2.24) is 5.32 Å². The Bertz CT molecular complexity index is 734. The van der Waals surface area contributed by atoms with Crippen LogP contribution in [0.2, 0.25) is 0 Å². The SMILES string of the molecule is CC(C)CCNC(=NCc1cc(Br)ccc1F)Nc1cccc(O)c1. The smallest absolute Gasteiger partial charge is 0.196 e. The molecule has 0 saturated carbocycles. The second kappa shape index (κ2) is 9.42. The van der Waals surface area contributed by atoms with Crippen molar-refractivity contribution in [1.29, 1.82) is 0 Å². The number of rotatable bonds is 6.